The Morgan fingerprint density at radius 1 is 0.944 bits per heavy atom. The standard InChI is InChI=1S/C27H32N2O5S2/c1-5-33-22-13-11-21(12-14-22)20(3)28-27(30)19-29(25-9-7-8-10-26(25)34-6-2)36(31,32)24-17-15-23(35-4)16-18-24/h7-18,20H,5-6,19H2,1-4H3,(H,28,30)/t20-/m1/s1. The number of rotatable bonds is 12. The number of ether oxygens (including phenoxy) is 2. The molecule has 3 aromatic carbocycles. The van der Waals surface area contributed by atoms with Crippen LogP contribution >= 0.6 is 11.8 Å². The van der Waals surface area contributed by atoms with Crippen LogP contribution in [0.25, 0.3) is 0 Å². The van der Waals surface area contributed by atoms with Gasteiger partial charge in [-0.2, -0.15) is 0 Å². The van der Waals surface area contributed by atoms with E-state index in [0.29, 0.717) is 24.7 Å². The SMILES string of the molecule is CCOc1ccc([C@@H](C)NC(=O)CN(c2ccccc2OCC)S(=O)(=O)c2ccc(SC)cc2)cc1. The third-order valence-corrected chi connectivity index (χ3v) is 7.95. The van der Waals surface area contributed by atoms with Crippen LogP contribution in [0.1, 0.15) is 32.4 Å². The van der Waals surface area contributed by atoms with Gasteiger partial charge in [0.15, 0.2) is 0 Å². The zero-order chi connectivity index (χ0) is 26.1. The second-order valence-corrected chi connectivity index (χ2v) is 10.6. The summed E-state index contributed by atoms with van der Waals surface area (Å²) in [6, 6.07) is 20.5. The molecule has 0 aliphatic heterocycles. The molecule has 1 N–H and O–H groups in total. The first-order valence-corrected chi connectivity index (χ1v) is 14.4. The fraction of sp³-hybridized carbons (Fsp3) is 0.296. The van der Waals surface area contributed by atoms with E-state index in [1.165, 1.54) is 11.8 Å². The van der Waals surface area contributed by atoms with E-state index in [2.05, 4.69) is 5.32 Å². The normalized spacial score (nSPS) is 12.0. The van der Waals surface area contributed by atoms with Gasteiger partial charge in [0.25, 0.3) is 10.0 Å². The molecule has 0 unspecified atom stereocenters. The number of para-hydroxylation sites is 2. The maximum Gasteiger partial charge on any atom is 0.264 e. The van der Waals surface area contributed by atoms with Crippen LogP contribution in [0.4, 0.5) is 5.69 Å². The number of carbonyl (C=O) groups excluding carboxylic acids is 1. The summed E-state index contributed by atoms with van der Waals surface area (Å²) < 4.78 is 39.8. The first-order valence-electron chi connectivity index (χ1n) is 11.7. The van der Waals surface area contributed by atoms with E-state index in [-0.39, 0.29) is 10.9 Å². The Bertz CT molecular complexity index is 1250. The van der Waals surface area contributed by atoms with E-state index in [1.54, 1.807) is 48.5 Å². The average Bonchev–Trinajstić information content (AvgIpc) is 2.88. The van der Waals surface area contributed by atoms with Gasteiger partial charge in [-0.1, -0.05) is 24.3 Å². The van der Waals surface area contributed by atoms with Crippen LogP contribution < -0.4 is 19.1 Å². The highest BCUT2D eigenvalue weighted by Gasteiger charge is 2.30. The lowest BCUT2D eigenvalue weighted by molar-refractivity contribution is -0.120. The fourth-order valence-electron chi connectivity index (χ4n) is 3.64. The van der Waals surface area contributed by atoms with Gasteiger partial charge in [-0.15, -0.1) is 11.8 Å². The lowest BCUT2D eigenvalue weighted by atomic mass is 10.1. The molecular weight excluding hydrogens is 496 g/mol. The lowest BCUT2D eigenvalue weighted by Gasteiger charge is -2.26. The maximum absolute atomic E-state index is 13.7. The van der Waals surface area contributed by atoms with Crippen LogP contribution in [-0.2, 0) is 14.8 Å². The molecule has 0 aromatic heterocycles. The van der Waals surface area contributed by atoms with Crippen LogP contribution in [0.15, 0.2) is 82.6 Å². The van der Waals surface area contributed by atoms with Crippen LogP contribution in [0.5, 0.6) is 11.5 Å². The molecule has 3 aromatic rings. The summed E-state index contributed by atoms with van der Waals surface area (Å²) in [4.78, 5) is 14.2. The summed E-state index contributed by atoms with van der Waals surface area (Å²) in [7, 11) is -4.06. The third kappa shape index (κ3) is 6.73. The summed E-state index contributed by atoms with van der Waals surface area (Å²) in [6.45, 7) is 6.10. The van der Waals surface area contributed by atoms with Gasteiger partial charge < -0.3 is 14.8 Å². The number of thioether (sulfide) groups is 1. The molecule has 0 saturated heterocycles. The molecule has 0 aliphatic rings. The summed E-state index contributed by atoms with van der Waals surface area (Å²) >= 11 is 1.52. The second kappa shape index (κ2) is 12.7. The molecule has 3 rings (SSSR count). The van der Waals surface area contributed by atoms with E-state index in [0.717, 1.165) is 20.5 Å². The number of amides is 1. The minimum atomic E-state index is -4.06. The quantitative estimate of drug-likeness (QED) is 0.322. The molecular formula is C27H32N2O5S2. The predicted molar refractivity (Wildman–Crippen MR) is 145 cm³/mol. The van der Waals surface area contributed by atoms with Gasteiger partial charge in [0.05, 0.1) is 29.8 Å². The van der Waals surface area contributed by atoms with Crippen molar-refractivity contribution in [3.05, 3.63) is 78.4 Å². The maximum atomic E-state index is 13.7. The number of nitrogens with one attached hydrogen (secondary N) is 1. The Morgan fingerprint density at radius 3 is 2.19 bits per heavy atom. The van der Waals surface area contributed by atoms with Crippen LogP contribution in [-0.4, -0.2) is 40.3 Å². The highest BCUT2D eigenvalue weighted by Crippen LogP contribution is 2.33. The second-order valence-electron chi connectivity index (χ2n) is 7.88. The number of nitrogens with zero attached hydrogens (tertiary/aromatic N) is 1. The van der Waals surface area contributed by atoms with Crippen molar-refractivity contribution in [3.8, 4) is 11.5 Å². The van der Waals surface area contributed by atoms with Crippen molar-refractivity contribution in [2.45, 2.75) is 36.6 Å². The van der Waals surface area contributed by atoms with Crippen molar-refractivity contribution in [1.29, 1.82) is 0 Å². The van der Waals surface area contributed by atoms with Crippen molar-refractivity contribution in [2.75, 3.05) is 30.3 Å². The number of carbonyl (C=O) groups is 1. The Morgan fingerprint density at radius 2 is 1.58 bits per heavy atom. The number of sulfonamides is 1. The van der Waals surface area contributed by atoms with Crippen molar-refractivity contribution < 1.29 is 22.7 Å². The molecule has 9 heteroatoms. The molecule has 36 heavy (non-hydrogen) atoms. The minimum absolute atomic E-state index is 0.0963. The molecule has 0 bridgehead atoms. The Balaban J connectivity index is 1.90. The van der Waals surface area contributed by atoms with Gasteiger partial charge in [-0.05, 0) is 81.1 Å². The van der Waals surface area contributed by atoms with Gasteiger partial charge in [0, 0.05) is 4.90 Å². The topological polar surface area (TPSA) is 84.9 Å². The van der Waals surface area contributed by atoms with E-state index >= 15 is 0 Å². The lowest BCUT2D eigenvalue weighted by Crippen LogP contribution is -2.41. The largest absolute Gasteiger partial charge is 0.494 e. The summed E-state index contributed by atoms with van der Waals surface area (Å²) in [6.07, 6.45) is 1.92. The van der Waals surface area contributed by atoms with Gasteiger partial charge in [0.2, 0.25) is 5.91 Å². The highest BCUT2D eigenvalue weighted by atomic mass is 32.2. The smallest absolute Gasteiger partial charge is 0.264 e. The highest BCUT2D eigenvalue weighted by molar-refractivity contribution is 7.98. The van der Waals surface area contributed by atoms with E-state index < -0.39 is 22.5 Å². The van der Waals surface area contributed by atoms with Crippen molar-refractivity contribution in [2.24, 2.45) is 0 Å². The number of hydrogen-bond acceptors (Lipinski definition) is 6. The third-order valence-electron chi connectivity index (χ3n) is 5.44. The molecule has 0 saturated carbocycles. The van der Waals surface area contributed by atoms with Crippen LogP contribution in [0, 0.1) is 0 Å². The van der Waals surface area contributed by atoms with Crippen molar-refractivity contribution >= 4 is 33.4 Å². The van der Waals surface area contributed by atoms with E-state index in [4.69, 9.17) is 9.47 Å². The van der Waals surface area contributed by atoms with Gasteiger partial charge >= 0.3 is 0 Å². The van der Waals surface area contributed by atoms with Crippen LogP contribution in [0.3, 0.4) is 0 Å². The zero-order valence-corrected chi connectivity index (χ0v) is 22.6. The first-order chi connectivity index (χ1) is 17.3. The van der Waals surface area contributed by atoms with Crippen molar-refractivity contribution in [1.82, 2.24) is 5.32 Å². The zero-order valence-electron chi connectivity index (χ0n) is 20.9. The molecule has 1 atom stereocenters. The van der Waals surface area contributed by atoms with E-state index in [9.17, 15) is 13.2 Å². The average molecular weight is 529 g/mol. The van der Waals surface area contributed by atoms with Gasteiger partial charge in [0.1, 0.15) is 18.0 Å². The monoisotopic (exact) mass is 528 g/mol. The molecule has 0 fully saturated rings. The van der Waals surface area contributed by atoms with E-state index in [1.807, 2.05) is 51.3 Å². The Kier molecular flexibility index (Phi) is 9.66. The molecule has 0 aliphatic carbocycles. The summed E-state index contributed by atoms with van der Waals surface area (Å²) in [5.74, 6) is 0.695. The molecule has 0 spiro atoms. The fourth-order valence-corrected chi connectivity index (χ4v) is 5.48. The molecule has 192 valence electrons. The Labute approximate surface area is 217 Å². The molecule has 0 heterocycles. The Hall–Kier alpha value is -3.17. The molecule has 0 radical (unpaired) electrons. The number of hydrogen-bond donors (Lipinski definition) is 1. The van der Waals surface area contributed by atoms with Crippen LogP contribution in [0.2, 0.25) is 0 Å². The van der Waals surface area contributed by atoms with Gasteiger partial charge in [-0.3, -0.25) is 9.10 Å². The minimum Gasteiger partial charge on any atom is -0.494 e. The predicted octanol–water partition coefficient (Wildman–Crippen LogP) is 5.28. The first kappa shape index (κ1) is 27.4. The molecule has 1 amide bonds. The summed E-state index contributed by atoms with van der Waals surface area (Å²) in [5, 5.41) is 2.91. The molecule has 7 nitrogen and oxygen atoms in total. The van der Waals surface area contributed by atoms with Gasteiger partial charge in [-0.25, -0.2) is 8.42 Å². The number of benzene rings is 3. The summed E-state index contributed by atoms with van der Waals surface area (Å²) in [5.41, 5.74) is 1.18. The van der Waals surface area contributed by atoms with Crippen molar-refractivity contribution in [3.63, 3.8) is 0 Å². The number of anilines is 1.